The van der Waals surface area contributed by atoms with Crippen LogP contribution >= 0.6 is 12.2 Å². The summed E-state index contributed by atoms with van der Waals surface area (Å²) in [7, 11) is 0. The van der Waals surface area contributed by atoms with Crippen molar-refractivity contribution in [1.82, 2.24) is 5.32 Å². The second kappa shape index (κ2) is 10.0. The predicted octanol–water partition coefficient (Wildman–Crippen LogP) is 5.51. The second-order valence-corrected chi connectivity index (χ2v) is 7.33. The summed E-state index contributed by atoms with van der Waals surface area (Å²) in [5, 5.41) is 7.19. The molecule has 144 valence electrons. The molecule has 0 saturated carbocycles. The lowest BCUT2D eigenvalue weighted by Gasteiger charge is -2.14. The van der Waals surface area contributed by atoms with Crippen LogP contribution in [-0.4, -0.2) is 5.11 Å². The minimum absolute atomic E-state index is 0.591. The molecule has 3 aromatic carbocycles. The highest BCUT2D eigenvalue weighted by molar-refractivity contribution is 7.80. The van der Waals surface area contributed by atoms with Crippen molar-refractivity contribution in [3.05, 3.63) is 101 Å². The first-order valence-electron chi connectivity index (χ1n) is 9.42. The monoisotopic (exact) mass is 390 g/mol. The molecular formula is C24H26N2OS. The molecule has 0 fully saturated rings. The molecule has 28 heavy (non-hydrogen) atoms. The van der Waals surface area contributed by atoms with E-state index in [1.807, 2.05) is 18.2 Å². The Bertz CT molecular complexity index is 925. The third kappa shape index (κ3) is 6.19. The van der Waals surface area contributed by atoms with E-state index in [4.69, 9.17) is 17.0 Å². The van der Waals surface area contributed by atoms with Gasteiger partial charge >= 0.3 is 0 Å². The molecule has 3 rings (SSSR count). The van der Waals surface area contributed by atoms with Crippen LogP contribution in [0.15, 0.2) is 72.8 Å². The number of aryl methyl sites for hydroxylation is 2. The van der Waals surface area contributed by atoms with Crippen molar-refractivity contribution in [1.29, 1.82) is 0 Å². The lowest BCUT2D eigenvalue weighted by Crippen LogP contribution is -2.28. The fraction of sp³-hybridized carbons (Fsp3) is 0.208. The first-order chi connectivity index (χ1) is 13.6. The van der Waals surface area contributed by atoms with E-state index >= 15 is 0 Å². The molecule has 0 aliphatic heterocycles. The number of ether oxygens (including phenoxy) is 1. The van der Waals surface area contributed by atoms with Crippen molar-refractivity contribution in [3.63, 3.8) is 0 Å². The molecule has 4 heteroatoms. The van der Waals surface area contributed by atoms with Gasteiger partial charge in [-0.3, -0.25) is 0 Å². The third-order valence-corrected chi connectivity index (χ3v) is 4.71. The van der Waals surface area contributed by atoms with E-state index in [-0.39, 0.29) is 0 Å². The van der Waals surface area contributed by atoms with E-state index in [9.17, 15) is 0 Å². The minimum Gasteiger partial charge on any atom is -0.372 e. The van der Waals surface area contributed by atoms with Crippen molar-refractivity contribution in [3.8, 4) is 0 Å². The molecule has 0 aliphatic carbocycles. The number of anilines is 1. The van der Waals surface area contributed by atoms with Gasteiger partial charge in [-0.2, -0.15) is 0 Å². The second-order valence-electron chi connectivity index (χ2n) is 6.92. The maximum atomic E-state index is 5.83. The van der Waals surface area contributed by atoms with Crippen LogP contribution in [0.4, 0.5) is 5.69 Å². The van der Waals surface area contributed by atoms with Gasteiger partial charge < -0.3 is 15.4 Å². The van der Waals surface area contributed by atoms with Gasteiger partial charge in [-0.05, 0) is 59.9 Å². The van der Waals surface area contributed by atoms with Crippen LogP contribution in [0, 0.1) is 13.8 Å². The summed E-state index contributed by atoms with van der Waals surface area (Å²) in [5.74, 6) is 0. The summed E-state index contributed by atoms with van der Waals surface area (Å²) in [6.07, 6.45) is 0. The molecule has 0 radical (unpaired) electrons. The molecule has 0 atom stereocenters. The highest BCUT2D eigenvalue weighted by Gasteiger charge is 2.03. The van der Waals surface area contributed by atoms with Crippen LogP contribution < -0.4 is 10.6 Å². The van der Waals surface area contributed by atoms with Crippen LogP contribution in [0.5, 0.6) is 0 Å². The molecule has 0 aliphatic rings. The number of thiocarbonyl (C=S) groups is 1. The number of benzene rings is 3. The molecule has 0 bridgehead atoms. The molecule has 3 nitrogen and oxygen atoms in total. The molecule has 0 saturated heterocycles. The molecule has 0 amide bonds. The van der Waals surface area contributed by atoms with Crippen molar-refractivity contribution >= 4 is 23.0 Å². The maximum Gasteiger partial charge on any atom is 0.171 e. The van der Waals surface area contributed by atoms with Gasteiger partial charge in [0, 0.05) is 12.2 Å². The van der Waals surface area contributed by atoms with Gasteiger partial charge in [-0.1, -0.05) is 66.7 Å². The van der Waals surface area contributed by atoms with E-state index in [1.54, 1.807) is 0 Å². The summed E-state index contributed by atoms with van der Waals surface area (Å²) >= 11 is 5.45. The van der Waals surface area contributed by atoms with Crippen molar-refractivity contribution < 1.29 is 4.74 Å². The Morgan fingerprint density at radius 3 is 2.36 bits per heavy atom. The third-order valence-electron chi connectivity index (χ3n) is 4.47. The van der Waals surface area contributed by atoms with E-state index < -0.39 is 0 Å². The van der Waals surface area contributed by atoms with E-state index in [2.05, 4.69) is 79.1 Å². The molecule has 0 aromatic heterocycles. The summed E-state index contributed by atoms with van der Waals surface area (Å²) in [5.41, 5.74) is 6.93. The zero-order valence-electron chi connectivity index (χ0n) is 16.4. The minimum atomic E-state index is 0.591. The van der Waals surface area contributed by atoms with Crippen LogP contribution in [0.2, 0.25) is 0 Å². The molecule has 3 aromatic rings. The molecule has 0 unspecified atom stereocenters. The van der Waals surface area contributed by atoms with E-state index in [0.29, 0.717) is 24.9 Å². The number of rotatable bonds is 7. The van der Waals surface area contributed by atoms with Gasteiger partial charge in [0.25, 0.3) is 0 Å². The quantitative estimate of drug-likeness (QED) is 0.522. The standard InChI is InChI=1S/C24H26N2OS/c1-18-11-12-19(2)23(13-18)26-24(28)25-15-21-9-6-10-22(14-21)17-27-16-20-7-4-3-5-8-20/h3-14H,15-17H2,1-2H3,(H2,25,26,28). The normalized spacial score (nSPS) is 10.5. The largest absolute Gasteiger partial charge is 0.372 e. The zero-order valence-corrected chi connectivity index (χ0v) is 17.2. The smallest absolute Gasteiger partial charge is 0.171 e. The first kappa shape index (κ1) is 20.1. The first-order valence-corrected chi connectivity index (χ1v) is 9.82. The fourth-order valence-corrected chi connectivity index (χ4v) is 3.09. The SMILES string of the molecule is Cc1ccc(C)c(NC(=S)NCc2cccc(COCc3ccccc3)c2)c1. The highest BCUT2D eigenvalue weighted by atomic mass is 32.1. The molecule has 0 heterocycles. The van der Waals surface area contributed by atoms with Gasteiger partial charge in [-0.25, -0.2) is 0 Å². The Morgan fingerprint density at radius 1 is 0.821 bits per heavy atom. The van der Waals surface area contributed by atoms with Crippen molar-refractivity contribution in [2.45, 2.75) is 33.6 Å². The van der Waals surface area contributed by atoms with Gasteiger partial charge in [0.2, 0.25) is 0 Å². The maximum absolute atomic E-state index is 5.83. The average molecular weight is 391 g/mol. The van der Waals surface area contributed by atoms with Crippen molar-refractivity contribution in [2.24, 2.45) is 0 Å². The van der Waals surface area contributed by atoms with E-state index in [1.165, 1.54) is 22.3 Å². The topological polar surface area (TPSA) is 33.3 Å². The van der Waals surface area contributed by atoms with Gasteiger partial charge in [0.1, 0.15) is 0 Å². The van der Waals surface area contributed by atoms with Crippen LogP contribution in [0.3, 0.4) is 0 Å². The predicted molar refractivity (Wildman–Crippen MR) is 120 cm³/mol. The zero-order chi connectivity index (χ0) is 19.8. The van der Waals surface area contributed by atoms with Crippen LogP contribution in [0.25, 0.3) is 0 Å². The highest BCUT2D eigenvalue weighted by Crippen LogP contribution is 2.16. The van der Waals surface area contributed by atoms with Crippen molar-refractivity contribution in [2.75, 3.05) is 5.32 Å². The Morgan fingerprint density at radius 2 is 1.54 bits per heavy atom. The molecule has 2 N–H and O–H groups in total. The molecular weight excluding hydrogens is 364 g/mol. The van der Waals surface area contributed by atoms with Gasteiger partial charge in [0.05, 0.1) is 13.2 Å². The Kier molecular flexibility index (Phi) is 7.18. The van der Waals surface area contributed by atoms with E-state index in [0.717, 1.165) is 11.3 Å². The van der Waals surface area contributed by atoms with Crippen LogP contribution in [0.1, 0.15) is 27.8 Å². The Balaban J connectivity index is 1.48. The Hall–Kier alpha value is -2.69. The Labute approximate surface area is 172 Å². The summed E-state index contributed by atoms with van der Waals surface area (Å²) in [6, 6.07) is 24.9. The number of hydrogen-bond donors (Lipinski definition) is 2. The summed E-state index contributed by atoms with van der Waals surface area (Å²) < 4.78 is 5.83. The summed E-state index contributed by atoms with van der Waals surface area (Å²) in [6.45, 7) is 6.03. The van der Waals surface area contributed by atoms with Crippen LogP contribution in [-0.2, 0) is 24.5 Å². The number of hydrogen-bond acceptors (Lipinski definition) is 2. The average Bonchev–Trinajstić information content (AvgIpc) is 2.70. The molecule has 0 spiro atoms. The van der Waals surface area contributed by atoms with Gasteiger partial charge in [-0.15, -0.1) is 0 Å². The summed E-state index contributed by atoms with van der Waals surface area (Å²) in [4.78, 5) is 0. The lowest BCUT2D eigenvalue weighted by atomic mass is 10.1. The fourth-order valence-electron chi connectivity index (χ4n) is 2.91. The van der Waals surface area contributed by atoms with Gasteiger partial charge in [0.15, 0.2) is 5.11 Å². The lowest BCUT2D eigenvalue weighted by molar-refractivity contribution is 0.107. The number of nitrogens with one attached hydrogen (secondary N) is 2.